The van der Waals surface area contributed by atoms with Crippen LogP contribution in [0.5, 0.6) is 0 Å². The molecule has 152 valence electrons. The average molecular weight is 396 g/mol. The molecule has 8 heteroatoms. The lowest BCUT2D eigenvalue weighted by atomic mass is 10.0. The number of hydrogen-bond acceptors (Lipinski definition) is 4. The summed E-state index contributed by atoms with van der Waals surface area (Å²) in [5.41, 5.74) is 1.91. The molecule has 1 saturated heterocycles. The molecule has 29 heavy (non-hydrogen) atoms. The number of H-pyrrole nitrogens is 1. The first-order valence-electron chi connectivity index (χ1n) is 9.71. The number of amides is 2. The number of carbonyl (C=O) groups excluding carboxylic acids is 1. The summed E-state index contributed by atoms with van der Waals surface area (Å²) in [5.74, 6) is 0.895. The van der Waals surface area contributed by atoms with Gasteiger partial charge in [0.05, 0.1) is 11.2 Å². The zero-order chi connectivity index (χ0) is 20.4. The van der Waals surface area contributed by atoms with Gasteiger partial charge in [-0.1, -0.05) is 12.1 Å². The molecule has 4 N–H and O–H groups in total. The standard InChI is InChI=1S/C21H25FN6O/c1-21(2,22)14-3-5-15(6-4-14)25-20(29)26-17-13-24-16-7-8-18(27-19(16)17)28-11-9-23-10-12-28/h3-8,13,23-24H,9-12H2,1-2H3,(H2,25,26,29). The number of aromatic nitrogens is 2. The van der Waals surface area contributed by atoms with E-state index in [-0.39, 0.29) is 6.03 Å². The summed E-state index contributed by atoms with van der Waals surface area (Å²) in [6, 6.07) is 10.3. The van der Waals surface area contributed by atoms with Crippen LogP contribution in [0.3, 0.4) is 0 Å². The molecule has 0 unspecified atom stereocenters. The predicted molar refractivity (Wildman–Crippen MR) is 114 cm³/mol. The first-order chi connectivity index (χ1) is 13.9. The molecule has 0 atom stereocenters. The number of alkyl halides is 1. The van der Waals surface area contributed by atoms with Gasteiger partial charge >= 0.3 is 6.03 Å². The van der Waals surface area contributed by atoms with Crippen molar-refractivity contribution in [2.45, 2.75) is 19.5 Å². The molecule has 1 aliphatic heterocycles. The van der Waals surface area contributed by atoms with Crippen LogP contribution in [0.25, 0.3) is 11.0 Å². The van der Waals surface area contributed by atoms with E-state index < -0.39 is 5.67 Å². The van der Waals surface area contributed by atoms with Gasteiger partial charge in [0.1, 0.15) is 17.0 Å². The number of nitrogens with one attached hydrogen (secondary N) is 4. The van der Waals surface area contributed by atoms with Crippen LogP contribution in [0.4, 0.5) is 26.4 Å². The molecular weight excluding hydrogens is 371 g/mol. The van der Waals surface area contributed by atoms with Crippen molar-refractivity contribution in [2.75, 3.05) is 41.7 Å². The number of pyridine rings is 1. The fraction of sp³-hybridized carbons (Fsp3) is 0.333. The predicted octanol–water partition coefficient (Wildman–Crippen LogP) is 3.82. The highest BCUT2D eigenvalue weighted by atomic mass is 19.1. The minimum Gasteiger partial charge on any atom is -0.358 e. The van der Waals surface area contributed by atoms with Gasteiger partial charge in [0, 0.05) is 38.1 Å². The van der Waals surface area contributed by atoms with E-state index in [0.29, 0.717) is 22.5 Å². The number of nitrogens with zero attached hydrogens (tertiary/aromatic N) is 2. The van der Waals surface area contributed by atoms with E-state index in [4.69, 9.17) is 4.98 Å². The van der Waals surface area contributed by atoms with Crippen molar-refractivity contribution in [3.63, 3.8) is 0 Å². The zero-order valence-electron chi connectivity index (χ0n) is 16.6. The number of rotatable bonds is 4. The Balaban J connectivity index is 1.47. The van der Waals surface area contributed by atoms with E-state index in [2.05, 4.69) is 25.8 Å². The van der Waals surface area contributed by atoms with Crippen LogP contribution in [0.2, 0.25) is 0 Å². The minimum absolute atomic E-state index is 0.382. The Bertz CT molecular complexity index is 1000. The van der Waals surface area contributed by atoms with Crippen LogP contribution < -0.4 is 20.9 Å². The Morgan fingerprint density at radius 1 is 1.10 bits per heavy atom. The molecule has 3 aromatic rings. The van der Waals surface area contributed by atoms with E-state index in [9.17, 15) is 9.18 Å². The Labute approximate surface area is 168 Å². The molecule has 2 amide bonds. The second-order valence-electron chi connectivity index (χ2n) is 7.63. The van der Waals surface area contributed by atoms with Crippen LogP contribution in [-0.4, -0.2) is 42.2 Å². The van der Waals surface area contributed by atoms with Gasteiger partial charge < -0.3 is 25.8 Å². The quantitative estimate of drug-likeness (QED) is 0.540. The maximum atomic E-state index is 14.0. The van der Waals surface area contributed by atoms with Crippen LogP contribution in [-0.2, 0) is 5.67 Å². The van der Waals surface area contributed by atoms with Gasteiger partial charge in [0.25, 0.3) is 0 Å². The lowest BCUT2D eigenvalue weighted by molar-refractivity contribution is 0.221. The van der Waals surface area contributed by atoms with Crippen molar-refractivity contribution in [1.82, 2.24) is 15.3 Å². The van der Waals surface area contributed by atoms with Gasteiger partial charge in [-0.05, 0) is 43.7 Å². The number of fused-ring (bicyclic) bond motifs is 1. The summed E-state index contributed by atoms with van der Waals surface area (Å²) in [6.45, 7) is 6.66. The molecule has 0 aliphatic carbocycles. The fourth-order valence-electron chi connectivity index (χ4n) is 3.39. The smallest absolute Gasteiger partial charge is 0.323 e. The Kier molecular flexibility index (Phi) is 5.10. The first kappa shape index (κ1) is 19.2. The summed E-state index contributed by atoms with van der Waals surface area (Å²) in [6.07, 6.45) is 1.73. The zero-order valence-corrected chi connectivity index (χ0v) is 16.6. The average Bonchev–Trinajstić information content (AvgIpc) is 3.10. The van der Waals surface area contributed by atoms with Crippen molar-refractivity contribution in [3.8, 4) is 0 Å². The van der Waals surface area contributed by atoms with Gasteiger partial charge in [0.15, 0.2) is 0 Å². The third kappa shape index (κ3) is 4.32. The Morgan fingerprint density at radius 2 is 1.83 bits per heavy atom. The Morgan fingerprint density at radius 3 is 2.52 bits per heavy atom. The lowest BCUT2D eigenvalue weighted by Gasteiger charge is -2.28. The third-order valence-corrected chi connectivity index (χ3v) is 5.03. The normalized spacial score (nSPS) is 14.8. The molecule has 3 heterocycles. The number of piperazine rings is 1. The van der Waals surface area contributed by atoms with Crippen LogP contribution in [0, 0.1) is 0 Å². The number of benzene rings is 1. The number of halogens is 1. The van der Waals surface area contributed by atoms with E-state index in [1.807, 2.05) is 12.1 Å². The molecule has 4 rings (SSSR count). The van der Waals surface area contributed by atoms with Gasteiger partial charge in [-0.2, -0.15) is 0 Å². The van der Waals surface area contributed by atoms with Crippen molar-refractivity contribution in [3.05, 3.63) is 48.2 Å². The molecule has 1 fully saturated rings. The molecule has 0 saturated carbocycles. The van der Waals surface area contributed by atoms with E-state index in [1.165, 1.54) is 13.8 Å². The minimum atomic E-state index is -1.42. The second kappa shape index (κ2) is 7.71. The summed E-state index contributed by atoms with van der Waals surface area (Å²) < 4.78 is 14.0. The second-order valence-corrected chi connectivity index (χ2v) is 7.63. The highest BCUT2D eigenvalue weighted by Gasteiger charge is 2.18. The SMILES string of the molecule is CC(C)(F)c1ccc(NC(=O)Nc2c[nH]c3ccc(N4CCNCC4)nc23)cc1. The van der Waals surface area contributed by atoms with Crippen molar-refractivity contribution >= 4 is 34.3 Å². The number of aromatic amines is 1. The monoisotopic (exact) mass is 396 g/mol. The van der Waals surface area contributed by atoms with Gasteiger partial charge in [-0.15, -0.1) is 0 Å². The van der Waals surface area contributed by atoms with Crippen LogP contribution in [0.15, 0.2) is 42.6 Å². The largest absolute Gasteiger partial charge is 0.358 e. The Hall–Kier alpha value is -3.13. The summed E-state index contributed by atoms with van der Waals surface area (Å²) in [5, 5.41) is 8.94. The topological polar surface area (TPSA) is 85.1 Å². The molecule has 1 aromatic carbocycles. The molecule has 0 spiro atoms. The molecule has 7 nitrogen and oxygen atoms in total. The van der Waals surface area contributed by atoms with Crippen LogP contribution in [0.1, 0.15) is 19.4 Å². The van der Waals surface area contributed by atoms with Crippen molar-refractivity contribution in [1.29, 1.82) is 0 Å². The van der Waals surface area contributed by atoms with E-state index >= 15 is 0 Å². The van der Waals surface area contributed by atoms with Gasteiger partial charge in [-0.25, -0.2) is 14.2 Å². The molecule has 0 bridgehead atoms. The maximum Gasteiger partial charge on any atom is 0.323 e. The lowest BCUT2D eigenvalue weighted by Crippen LogP contribution is -2.43. The van der Waals surface area contributed by atoms with Gasteiger partial charge in [0.2, 0.25) is 0 Å². The number of anilines is 3. The number of carbonyl (C=O) groups is 1. The van der Waals surface area contributed by atoms with E-state index in [0.717, 1.165) is 37.5 Å². The highest BCUT2D eigenvalue weighted by molar-refractivity contribution is 6.05. The molecule has 1 aliphatic rings. The summed E-state index contributed by atoms with van der Waals surface area (Å²) in [7, 11) is 0. The number of hydrogen-bond donors (Lipinski definition) is 4. The number of urea groups is 1. The van der Waals surface area contributed by atoms with Gasteiger partial charge in [-0.3, -0.25) is 0 Å². The summed E-state index contributed by atoms with van der Waals surface area (Å²) >= 11 is 0. The summed E-state index contributed by atoms with van der Waals surface area (Å²) in [4.78, 5) is 22.5. The van der Waals surface area contributed by atoms with E-state index in [1.54, 1.807) is 30.5 Å². The van der Waals surface area contributed by atoms with Crippen LogP contribution >= 0.6 is 0 Å². The van der Waals surface area contributed by atoms with Crippen molar-refractivity contribution in [2.24, 2.45) is 0 Å². The molecular formula is C21H25FN6O. The fourth-order valence-corrected chi connectivity index (χ4v) is 3.39. The highest BCUT2D eigenvalue weighted by Crippen LogP contribution is 2.27. The third-order valence-electron chi connectivity index (χ3n) is 5.03. The first-order valence-corrected chi connectivity index (χ1v) is 9.71. The molecule has 2 aromatic heterocycles. The maximum absolute atomic E-state index is 14.0. The van der Waals surface area contributed by atoms with Crippen molar-refractivity contribution < 1.29 is 9.18 Å². The molecule has 0 radical (unpaired) electrons.